The van der Waals surface area contributed by atoms with Gasteiger partial charge in [-0.05, 0) is 31.0 Å². The van der Waals surface area contributed by atoms with Gasteiger partial charge in [0, 0.05) is 18.0 Å². The summed E-state index contributed by atoms with van der Waals surface area (Å²) in [7, 11) is 1.60. The molecule has 0 saturated carbocycles. The number of imidazole rings is 1. The topological polar surface area (TPSA) is 55.0 Å². The lowest BCUT2D eigenvalue weighted by atomic mass is 10.0. The lowest BCUT2D eigenvalue weighted by Crippen LogP contribution is -2.06. The van der Waals surface area contributed by atoms with Gasteiger partial charge in [-0.2, -0.15) is 0 Å². The molecule has 0 radical (unpaired) electrons. The molecule has 1 aromatic heterocycles. The molecule has 2 aromatic rings. The van der Waals surface area contributed by atoms with E-state index in [-0.39, 0.29) is 5.78 Å². The molecule has 17 heavy (non-hydrogen) atoms. The Hall–Kier alpha value is -2.10. The summed E-state index contributed by atoms with van der Waals surface area (Å²) in [6, 6.07) is 3.70. The van der Waals surface area contributed by atoms with E-state index in [1.807, 2.05) is 19.9 Å². The summed E-state index contributed by atoms with van der Waals surface area (Å²) < 4.78 is 5.23. The van der Waals surface area contributed by atoms with Crippen molar-refractivity contribution in [2.24, 2.45) is 0 Å². The number of aromatic amines is 1. The number of nitrogens with one attached hydrogen (secondary N) is 1. The van der Waals surface area contributed by atoms with Gasteiger partial charge in [-0.1, -0.05) is 6.07 Å². The first-order chi connectivity index (χ1) is 8.13. The van der Waals surface area contributed by atoms with Crippen LogP contribution in [-0.2, 0) is 0 Å². The number of ketones is 1. The number of carbonyl (C=O) groups excluding carboxylic acids is 1. The summed E-state index contributed by atoms with van der Waals surface area (Å²) >= 11 is 0. The van der Waals surface area contributed by atoms with E-state index in [1.54, 1.807) is 25.6 Å². The van der Waals surface area contributed by atoms with Crippen LogP contribution in [0.15, 0.2) is 24.5 Å². The van der Waals surface area contributed by atoms with Crippen LogP contribution in [-0.4, -0.2) is 22.9 Å². The molecular formula is C13H14N2O2. The average Bonchev–Trinajstić information content (AvgIpc) is 2.82. The molecule has 0 bridgehead atoms. The van der Waals surface area contributed by atoms with E-state index >= 15 is 0 Å². The van der Waals surface area contributed by atoms with Crippen LogP contribution in [0.5, 0.6) is 5.75 Å². The molecule has 1 N–H and O–H groups in total. The minimum Gasteiger partial charge on any atom is -0.496 e. The van der Waals surface area contributed by atoms with Crippen LogP contribution >= 0.6 is 0 Å². The van der Waals surface area contributed by atoms with Crippen LogP contribution in [0, 0.1) is 13.8 Å². The van der Waals surface area contributed by atoms with Crippen LogP contribution in [0.2, 0.25) is 0 Å². The smallest absolute Gasteiger partial charge is 0.228 e. The molecule has 0 aliphatic carbocycles. The van der Waals surface area contributed by atoms with Gasteiger partial charge < -0.3 is 9.72 Å². The maximum Gasteiger partial charge on any atom is 0.228 e. The van der Waals surface area contributed by atoms with E-state index in [0.717, 1.165) is 11.1 Å². The number of hydrogen-bond acceptors (Lipinski definition) is 3. The standard InChI is InChI=1S/C13H14N2O2/c1-8-6-9(2)11(17-3)7-10(8)12(16)13-14-4-5-15-13/h4-7H,1-3H3,(H,14,15). The van der Waals surface area contributed by atoms with Crippen LogP contribution in [0.4, 0.5) is 0 Å². The van der Waals surface area contributed by atoms with E-state index < -0.39 is 0 Å². The summed E-state index contributed by atoms with van der Waals surface area (Å²) in [6.07, 6.45) is 3.20. The van der Waals surface area contributed by atoms with Crippen molar-refractivity contribution in [2.45, 2.75) is 13.8 Å². The Morgan fingerprint density at radius 2 is 2.06 bits per heavy atom. The number of carbonyl (C=O) groups is 1. The van der Waals surface area contributed by atoms with E-state index in [0.29, 0.717) is 17.1 Å². The first-order valence-corrected chi connectivity index (χ1v) is 5.33. The lowest BCUT2D eigenvalue weighted by Gasteiger charge is -2.09. The fourth-order valence-corrected chi connectivity index (χ4v) is 1.81. The quantitative estimate of drug-likeness (QED) is 0.823. The third kappa shape index (κ3) is 2.06. The highest BCUT2D eigenvalue weighted by Crippen LogP contribution is 2.23. The zero-order valence-electron chi connectivity index (χ0n) is 10.1. The number of rotatable bonds is 3. The second-order valence-corrected chi connectivity index (χ2v) is 3.90. The molecule has 1 heterocycles. The van der Waals surface area contributed by atoms with E-state index in [9.17, 15) is 4.79 Å². The van der Waals surface area contributed by atoms with E-state index in [2.05, 4.69) is 9.97 Å². The van der Waals surface area contributed by atoms with Gasteiger partial charge in [0.2, 0.25) is 5.78 Å². The van der Waals surface area contributed by atoms with Crippen molar-refractivity contribution in [3.63, 3.8) is 0 Å². The van der Waals surface area contributed by atoms with Gasteiger partial charge in [0.1, 0.15) is 5.75 Å². The minimum absolute atomic E-state index is 0.120. The van der Waals surface area contributed by atoms with Gasteiger partial charge in [0.15, 0.2) is 5.82 Å². The third-order valence-electron chi connectivity index (χ3n) is 2.70. The zero-order chi connectivity index (χ0) is 12.4. The predicted molar refractivity (Wildman–Crippen MR) is 64.5 cm³/mol. The Morgan fingerprint density at radius 3 is 2.65 bits per heavy atom. The van der Waals surface area contributed by atoms with Crippen LogP contribution in [0.1, 0.15) is 27.3 Å². The van der Waals surface area contributed by atoms with Gasteiger partial charge >= 0.3 is 0 Å². The Kier molecular flexibility index (Phi) is 2.95. The van der Waals surface area contributed by atoms with Crippen molar-refractivity contribution in [1.29, 1.82) is 0 Å². The minimum atomic E-state index is -0.120. The highest BCUT2D eigenvalue weighted by atomic mass is 16.5. The first-order valence-electron chi connectivity index (χ1n) is 5.33. The zero-order valence-corrected chi connectivity index (χ0v) is 10.1. The van der Waals surface area contributed by atoms with E-state index in [1.165, 1.54) is 0 Å². The third-order valence-corrected chi connectivity index (χ3v) is 2.70. The maximum atomic E-state index is 12.2. The summed E-state index contributed by atoms with van der Waals surface area (Å²) in [5.74, 6) is 0.940. The number of benzene rings is 1. The van der Waals surface area contributed by atoms with Crippen molar-refractivity contribution in [3.8, 4) is 5.75 Å². The van der Waals surface area contributed by atoms with Gasteiger partial charge in [0.05, 0.1) is 7.11 Å². The molecule has 0 spiro atoms. The Balaban J connectivity index is 2.49. The summed E-state index contributed by atoms with van der Waals surface area (Å²) in [4.78, 5) is 18.9. The summed E-state index contributed by atoms with van der Waals surface area (Å²) in [6.45, 7) is 3.86. The Labute approximate surface area is 99.7 Å². The van der Waals surface area contributed by atoms with Crippen molar-refractivity contribution in [2.75, 3.05) is 7.11 Å². The van der Waals surface area contributed by atoms with Crippen molar-refractivity contribution in [1.82, 2.24) is 9.97 Å². The van der Waals surface area contributed by atoms with Crippen molar-refractivity contribution >= 4 is 5.78 Å². The summed E-state index contributed by atoms with van der Waals surface area (Å²) in [5, 5.41) is 0. The van der Waals surface area contributed by atoms with Crippen LogP contribution in [0.25, 0.3) is 0 Å². The molecule has 0 aliphatic rings. The normalized spacial score (nSPS) is 10.3. The molecule has 0 unspecified atom stereocenters. The van der Waals surface area contributed by atoms with Crippen molar-refractivity contribution in [3.05, 3.63) is 47.0 Å². The molecule has 4 nitrogen and oxygen atoms in total. The highest BCUT2D eigenvalue weighted by Gasteiger charge is 2.15. The van der Waals surface area contributed by atoms with Crippen molar-refractivity contribution < 1.29 is 9.53 Å². The monoisotopic (exact) mass is 230 g/mol. The molecule has 88 valence electrons. The SMILES string of the molecule is COc1cc(C(=O)c2ncc[nH]2)c(C)cc1C. The molecule has 1 aromatic carbocycles. The van der Waals surface area contributed by atoms with Gasteiger partial charge in [-0.15, -0.1) is 0 Å². The molecule has 0 atom stereocenters. The molecule has 0 aliphatic heterocycles. The maximum absolute atomic E-state index is 12.2. The number of hydrogen-bond donors (Lipinski definition) is 1. The first kappa shape index (κ1) is 11.4. The van der Waals surface area contributed by atoms with E-state index in [4.69, 9.17) is 4.74 Å². The van der Waals surface area contributed by atoms with Gasteiger partial charge in [-0.25, -0.2) is 4.98 Å². The number of nitrogens with zero attached hydrogens (tertiary/aromatic N) is 1. The van der Waals surface area contributed by atoms with Crippen LogP contribution in [0.3, 0.4) is 0 Å². The fourth-order valence-electron chi connectivity index (χ4n) is 1.81. The Morgan fingerprint density at radius 1 is 1.29 bits per heavy atom. The highest BCUT2D eigenvalue weighted by molar-refractivity contribution is 6.07. The number of aromatic nitrogens is 2. The molecular weight excluding hydrogens is 216 g/mol. The predicted octanol–water partition coefficient (Wildman–Crippen LogP) is 2.27. The molecule has 2 rings (SSSR count). The number of methoxy groups -OCH3 is 1. The number of ether oxygens (including phenoxy) is 1. The van der Waals surface area contributed by atoms with Gasteiger partial charge in [-0.3, -0.25) is 4.79 Å². The second-order valence-electron chi connectivity index (χ2n) is 3.90. The molecule has 0 saturated heterocycles. The molecule has 4 heteroatoms. The van der Waals surface area contributed by atoms with Gasteiger partial charge in [0.25, 0.3) is 0 Å². The lowest BCUT2D eigenvalue weighted by molar-refractivity contribution is 0.102. The fraction of sp³-hybridized carbons (Fsp3) is 0.231. The summed E-state index contributed by atoms with van der Waals surface area (Å²) in [5.41, 5.74) is 2.55. The molecule has 0 fully saturated rings. The van der Waals surface area contributed by atoms with Crippen LogP contribution < -0.4 is 4.74 Å². The number of H-pyrrole nitrogens is 1. The second kappa shape index (κ2) is 4.41. The molecule has 0 amide bonds. The Bertz CT molecular complexity index is 545. The average molecular weight is 230 g/mol. The largest absolute Gasteiger partial charge is 0.496 e. The number of aryl methyl sites for hydroxylation is 2.